The summed E-state index contributed by atoms with van der Waals surface area (Å²) in [6, 6.07) is 8.71. The summed E-state index contributed by atoms with van der Waals surface area (Å²) in [5.74, 6) is 0.435. The Hall–Kier alpha value is -1.23. The van der Waals surface area contributed by atoms with Gasteiger partial charge in [-0.05, 0) is 44.7 Å². The zero-order valence-corrected chi connectivity index (χ0v) is 14.9. The summed E-state index contributed by atoms with van der Waals surface area (Å²) in [7, 11) is 0. The first-order valence-corrected chi connectivity index (χ1v) is 8.74. The zero-order valence-electron chi connectivity index (χ0n) is 13.3. The van der Waals surface area contributed by atoms with E-state index in [-0.39, 0.29) is 6.09 Å². The van der Waals surface area contributed by atoms with E-state index < -0.39 is 5.60 Å². The van der Waals surface area contributed by atoms with Crippen molar-refractivity contribution in [1.82, 2.24) is 4.90 Å². The number of ether oxygens (including phenoxy) is 1. The fraction of sp³-hybridized carbons (Fsp3) is 0.588. The first-order valence-electron chi connectivity index (χ1n) is 7.82. The number of hydrogen-bond acceptors (Lipinski definition) is 3. The number of alkyl halides is 1. The lowest BCUT2D eigenvalue weighted by atomic mass is 9.96. The smallest absolute Gasteiger partial charge is 0.410 e. The molecule has 0 aromatic heterocycles. The summed E-state index contributed by atoms with van der Waals surface area (Å²) in [5, 5.41) is 3.61. The number of anilines is 1. The number of likely N-dealkylation sites (tertiary alicyclic amines) is 1. The maximum absolute atomic E-state index is 12.2. The van der Waals surface area contributed by atoms with Gasteiger partial charge >= 0.3 is 6.09 Å². The summed E-state index contributed by atoms with van der Waals surface area (Å²) in [5.41, 5.74) is 2.07. The lowest BCUT2D eigenvalue weighted by Gasteiger charge is -2.26. The molecule has 3 unspecified atom stereocenters. The van der Waals surface area contributed by atoms with Crippen LogP contribution in [0.3, 0.4) is 0 Å². The van der Waals surface area contributed by atoms with Gasteiger partial charge < -0.3 is 15.0 Å². The molecule has 2 aliphatic heterocycles. The van der Waals surface area contributed by atoms with Crippen LogP contribution in [0.15, 0.2) is 24.3 Å². The van der Waals surface area contributed by atoms with Crippen LogP contribution in [0, 0.1) is 5.92 Å². The number of hydrogen-bond donors (Lipinski definition) is 1. The molecule has 1 aromatic carbocycles. The number of benzene rings is 1. The molecule has 0 spiro atoms. The van der Waals surface area contributed by atoms with Crippen LogP contribution in [0.5, 0.6) is 0 Å². The van der Waals surface area contributed by atoms with Crippen molar-refractivity contribution >= 4 is 27.7 Å². The number of halogens is 1. The second-order valence-electron chi connectivity index (χ2n) is 7.13. The molecule has 1 N–H and O–H groups in total. The number of amides is 1. The van der Waals surface area contributed by atoms with E-state index in [1.54, 1.807) is 0 Å². The van der Waals surface area contributed by atoms with Gasteiger partial charge in [-0.2, -0.15) is 0 Å². The van der Waals surface area contributed by atoms with E-state index in [4.69, 9.17) is 4.74 Å². The highest BCUT2D eigenvalue weighted by Gasteiger charge is 2.40. The normalized spacial score (nSPS) is 27.5. The maximum Gasteiger partial charge on any atom is 0.410 e. The number of fused-ring (bicyclic) bond motifs is 1. The van der Waals surface area contributed by atoms with E-state index in [0.717, 1.165) is 19.5 Å². The Labute approximate surface area is 140 Å². The van der Waals surface area contributed by atoms with Gasteiger partial charge in [0.1, 0.15) is 5.60 Å². The number of carbonyl (C=O) groups is 1. The predicted molar refractivity (Wildman–Crippen MR) is 91.4 cm³/mol. The topological polar surface area (TPSA) is 41.6 Å². The molecule has 3 rings (SSSR count). The first kappa shape index (κ1) is 15.7. The molecule has 1 fully saturated rings. The Morgan fingerprint density at radius 1 is 1.36 bits per heavy atom. The van der Waals surface area contributed by atoms with E-state index in [9.17, 15) is 4.79 Å². The fourth-order valence-electron chi connectivity index (χ4n) is 3.24. The molecule has 5 heteroatoms. The van der Waals surface area contributed by atoms with E-state index in [0.29, 0.717) is 16.8 Å². The summed E-state index contributed by atoms with van der Waals surface area (Å²) in [6.45, 7) is 7.24. The summed E-state index contributed by atoms with van der Waals surface area (Å²) in [4.78, 5) is 14.3. The van der Waals surface area contributed by atoms with Crippen LogP contribution < -0.4 is 5.32 Å². The highest BCUT2D eigenvalue weighted by atomic mass is 79.9. The van der Waals surface area contributed by atoms with Gasteiger partial charge in [-0.3, -0.25) is 0 Å². The van der Waals surface area contributed by atoms with Crippen LogP contribution in [-0.2, 0) is 4.74 Å². The molecule has 2 heterocycles. The van der Waals surface area contributed by atoms with E-state index in [1.165, 1.54) is 11.3 Å². The molecule has 0 radical (unpaired) electrons. The lowest BCUT2D eigenvalue weighted by molar-refractivity contribution is 0.0287. The minimum atomic E-state index is -0.436. The highest BCUT2D eigenvalue weighted by Crippen LogP contribution is 2.44. The standard InChI is InChI=1S/C17H23BrN2O2/c1-17(2,3)22-16(21)20-9-8-11(10-20)15-14(18)12-6-4-5-7-13(12)19-15/h4-7,11,14-15,19H,8-10H2,1-3H3. The average molecular weight is 367 g/mol. The van der Waals surface area contributed by atoms with E-state index in [1.807, 2.05) is 25.7 Å². The van der Waals surface area contributed by atoms with Crippen LogP contribution in [-0.4, -0.2) is 35.7 Å². The monoisotopic (exact) mass is 366 g/mol. The second-order valence-corrected chi connectivity index (χ2v) is 8.12. The van der Waals surface area contributed by atoms with Crippen molar-refractivity contribution in [2.45, 2.75) is 43.7 Å². The number of rotatable bonds is 1. The number of para-hydroxylation sites is 1. The molecule has 2 aliphatic rings. The summed E-state index contributed by atoms with van der Waals surface area (Å²) in [6.07, 6.45) is 0.809. The third-order valence-corrected chi connectivity index (χ3v) is 5.34. The fourth-order valence-corrected chi connectivity index (χ4v) is 4.21. The molecular weight excluding hydrogens is 344 g/mol. The van der Waals surface area contributed by atoms with Crippen molar-refractivity contribution < 1.29 is 9.53 Å². The van der Waals surface area contributed by atoms with Crippen molar-refractivity contribution in [2.24, 2.45) is 5.92 Å². The van der Waals surface area contributed by atoms with Crippen LogP contribution in [0.2, 0.25) is 0 Å². The number of nitrogens with one attached hydrogen (secondary N) is 1. The van der Waals surface area contributed by atoms with Gasteiger partial charge in [-0.1, -0.05) is 34.1 Å². The largest absolute Gasteiger partial charge is 0.444 e. The van der Waals surface area contributed by atoms with Gasteiger partial charge in [0, 0.05) is 24.8 Å². The Bertz CT molecular complexity index is 570. The van der Waals surface area contributed by atoms with Crippen LogP contribution in [0.1, 0.15) is 37.6 Å². The Balaban J connectivity index is 1.64. The first-order chi connectivity index (χ1) is 10.3. The molecule has 3 atom stereocenters. The van der Waals surface area contributed by atoms with Gasteiger partial charge in [-0.15, -0.1) is 0 Å². The SMILES string of the molecule is CC(C)(C)OC(=O)N1CCC(C2Nc3ccccc3C2Br)C1. The zero-order chi connectivity index (χ0) is 15.9. The molecule has 120 valence electrons. The second kappa shape index (κ2) is 5.76. The van der Waals surface area contributed by atoms with E-state index >= 15 is 0 Å². The van der Waals surface area contributed by atoms with Crippen molar-refractivity contribution in [3.63, 3.8) is 0 Å². The van der Waals surface area contributed by atoms with Crippen molar-refractivity contribution in [3.8, 4) is 0 Å². The van der Waals surface area contributed by atoms with Gasteiger partial charge in [0.15, 0.2) is 0 Å². The van der Waals surface area contributed by atoms with E-state index in [2.05, 4.69) is 45.5 Å². The average Bonchev–Trinajstić information content (AvgIpc) is 3.03. The minimum absolute atomic E-state index is 0.198. The van der Waals surface area contributed by atoms with Crippen LogP contribution in [0.4, 0.5) is 10.5 Å². The molecule has 0 saturated carbocycles. The van der Waals surface area contributed by atoms with Gasteiger partial charge in [0.05, 0.1) is 4.83 Å². The van der Waals surface area contributed by atoms with Crippen LogP contribution in [0.25, 0.3) is 0 Å². The highest BCUT2D eigenvalue weighted by molar-refractivity contribution is 9.09. The number of carbonyl (C=O) groups excluding carboxylic acids is 1. The summed E-state index contributed by atoms with van der Waals surface area (Å²) >= 11 is 3.82. The van der Waals surface area contributed by atoms with Gasteiger partial charge in [0.2, 0.25) is 0 Å². The maximum atomic E-state index is 12.2. The van der Waals surface area contributed by atoms with Crippen molar-refractivity contribution in [2.75, 3.05) is 18.4 Å². The molecule has 22 heavy (non-hydrogen) atoms. The Kier molecular flexibility index (Phi) is 4.10. The van der Waals surface area contributed by atoms with Gasteiger partial charge in [0.25, 0.3) is 0 Å². The Morgan fingerprint density at radius 3 is 2.77 bits per heavy atom. The molecule has 4 nitrogen and oxygen atoms in total. The predicted octanol–water partition coefficient (Wildman–Crippen LogP) is 4.17. The van der Waals surface area contributed by atoms with Crippen molar-refractivity contribution in [1.29, 1.82) is 0 Å². The quantitative estimate of drug-likeness (QED) is 0.758. The molecule has 1 amide bonds. The Morgan fingerprint density at radius 2 is 2.09 bits per heavy atom. The molecular formula is C17H23BrN2O2. The molecule has 1 saturated heterocycles. The van der Waals surface area contributed by atoms with Gasteiger partial charge in [-0.25, -0.2) is 4.79 Å². The third kappa shape index (κ3) is 3.09. The number of nitrogens with zero attached hydrogens (tertiary/aromatic N) is 1. The summed E-state index contributed by atoms with van der Waals surface area (Å²) < 4.78 is 5.48. The molecule has 0 bridgehead atoms. The molecule has 0 aliphatic carbocycles. The van der Waals surface area contributed by atoms with Crippen molar-refractivity contribution in [3.05, 3.63) is 29.8 Å². The molecule has 1 aromatic rings. The minimum Gasteiger partial charge on any atom is -0.444 e. The van der Waals surface area contributed by atoms with Crippen LogP contribution >= 0.6 is 15.9 Å². The third-order valence-electron chi connectivity index (χ3n) is 4.28. The lowest BCUT2D eigenvalue weighted by Crippen LogP contribution is -2.37.